The van der Waals surface area contributed by atoms with E-state index in [0.717, 1.165) is 55.3 Å². The Bertz CT molecular complexity index is 1250. The summed E-state index contributed by atoms with van der Waals surface area (Å²) in [6, 6.07) is 11.6. The number of nitrogens with zero attached hydrogens (tertiary/aromatic N) is 4. The van der Waals surface area contributed by atoms with Gasteiger partial charge < -0.3 is 14.5 Å². The average molecular weight is 523 g/mol. The predicted octanol–water partition coefficient (Wildman–Crippen LogP) is 6.01. The molecule has 1 unspecified atom stereocenters. The molecule has 3 aliphatic rings. The summed E-state index contributed by atoms with van der Waals surface area (Å²) in [5.41, 5.74) is 4.37. The normalized spacial score (nSPS) is 23.8. The van der Waals surface area contributed by atoms with Gasteiger partial charge in [0.1, 0.15) is 5.82 Å². The fourth-order valence-corrected chi connectivity index (χ4v) is 6.45. The van der Waals surface area contributed by atoms with Crippen LogP contribution in [0.25, 0.3) is 6.08 Å². The van der Waals surface area contributed by atoms with Gasteiger partial charge in [-0.2, -0.15) is 0 Å². The van der Waals surface area contributed by atoms with E-state index in [4.69, 9.17) is 9.73 Å². The van der Waals surface area contributed by atoms with Crippen molar-refractivity contribution < 1.29 is 13.9 Å². The number of carbonyl (C=O) groups is 1. The smallest absolute Gasteiger partial charge is 0.266 e. The zero-order valence-electron chi connectivity index (χ0n) is 22.3. The number of hydrogen-bond donors (Lipinski definition) is 0. The van der Waals surface area contributed by atoms with E-state index < -0.39 is 0 Å². The van der Waals surface area contributed by atoms with Gasteiger partial charge in [-0.15, -0.1) is 0 Å². The van der Waals surface area contributed by atoms with E-state index in [0.29, 0.717) is 28.1 Å². The fourth-order valence-electron chi connectivity index (χ4n) is 5.40. The van der Waals surface area contributed by atoms with Crippen molar-refractivity contribution in [1.29, 1.82) is 0 Å². The first kappa shape index (κ1) is 25.8. The molecule has 2 aromatic rings. The monoisotopic (exact) mass is 522 g/mol. The minimum Gasteiger partial charge on any atom is -0.378 e. The first-order chi connectivity index (χ1) is 17.7. The van der Waals surface area contributed by atoms with Gasteiger partial charge in [-0.05, 0) is 92.9 Å². The van der Waals surface area contributed by atoms with Crippen molar-refractivity contribution in [3.63, 3.8) is 0 Å². The van der Waals surface area contributed by atoms with Gasteiger partial charge in [0.25, 0.3) is 5.91 Å². The number of likely N-dealkylation sites (N-methyl/N-ethyl adjacent to an activating group) is 1. The molecule has 0 aliphatic carbocycles. The van der Waals surface area contributed by atoms with E-state index in [2.05, 4.69) is 42.7 Å². The summed E-state index contributed by atoms with van der Waals surface area (Å²) < 4.78 is 20.7. The van der Waals surface area contributed by atoms with Gasteiger partial charge >= 0.3 is 0 Å². The van der Waals surface area contributed by atoms with Crippen molar-refractivity contribution in [1.82, 2.24) is 4.90 Å². The lowest BCUT2D eigenvalue weighted by atomic mass is 9.80. The van der Waals surface area contributed by atoms with Crippen LogP contribution in [0, 0.1) is 5.82 Å². The molecule has 196 valence electrons. The molecular weight excluding hydrogens is 487 g/mol. The number of anilines is 2. The Morgan fingerprint density at radius 3 is 2.57 bits per heavy atom. The quantitative estimate of drug-likeness (QED) is 0.461. The molecular formula is C29H35FN4O2S. The van der Waals surface area contributed by atoms with E-state index >= 15 is 4.39 Å². The third-order valence-electron chi connectivity index (χ3n) is 7.69. The van der Waals surface area contributed by atoms with Crippen LogP contribution < -0.4 is 9.80 Å². The fraction of sp³-hybridized carbons (Fsp3) is 0.448. The third-order valence-corrected chi connectivity index (χ3v) is 8.70. The van der Waals surface area contributed by atoms with Gasteiger partial charge in [0.2, 0.25) is 0 Å². The summed E-state index contributed by atoms with van der Waals surface area (Å²) in [6.07, 6.45) is 2.67. The van der Waals surface area contributed by atoms with Crippen LogP contribution in [-0.2, 0) is 9.53 Å². The topological polar surface area (TPSA) is 48.4 Å². The van der Waals surface area contributed by atoms with Crippen molar-refractivity contribution in [3.8, 4) is 0 Å². The number of morpholine rings is 1. The molecule has 1 amide bonds. The van der Waals surface area contributed by atoms with Crippen molar-refractivity contribution in [3.05, 3.63) is 58.2 Å². The lowest BCUT2D eigenvalue weighted by molar-refractivity contribution is -0.122. The number of amides is 1. The maximum absolute atomic E-state index is 15.3. The van der Waals surface area contributed by atoms with Crippen molar-refractivity contribution in [2.75, 3.05) is 49.7 Å². The third kappa shape index (κ3) is 5.01. The summed E-state index contributed by atoms with van der Waals surface area (Å²) in [5, 5.41) is 0.617. The minimum atomic E-state index is -0.316. The van der Waals surface area contributed by atoms with Gasteiger partial charge in [0, 0.05) is 49.2 Å². The molecule has 3 aliphatic heterocycles. The van der Waals surface area contributed by atoms with Crippen LogP contribution in [0.3, 0.4) is 0 Å². The second kappa shape index (κ2) is 10.1. The molecule has 0 radical (unpaired) electrons. The number of benzene rings is 2. The van der Waals surface area contributed by atoms with Gasteiger partial charge in [-0.25, -0.2) is 9.38 Å². The van der Waals surface area contributed by atoms with Crippen LogP contribution >= 0.6 is 11.8 Å². The van der Waals surface area contributed by atoms with Crippen molar-refractivity contribution >= 4 is 46.0 Å². The molecule has 0 N–H and O–H groups in total. The number of thioether (sulfide) groups is 1. The summed E-state index contributed by atoms with van der Waals surface area (Å²) in [4.78, 5) is 24.6. The Morgan fingerprint density at radius 1 is 1.19 bits per heavy atom. The number of ether oxygens (including phenoxy) is 1. The summed E-state index contributed by atoms with van der Waals surface area (Å²) in [5.74, 6) is -0.154. The van der Waals surface area contributed by atoms with Crippen LogP contribution in [-0.4, -0.2) is 61.4 Å². The van der Waals surface area contributed by atoms with Gasteiger partial charge in [-0.3, -0.25) is 9.69 Å². The van der Waals surface area contributed by atoms with Crippen molar-refractivity contribution in [2.24, 2.45) is 4.99 Å². The highest BCUT2D eigenvalue weighted by Gasteiger charge is 2.36. The van der Waals surface area contributed by atoms with Crippen LogP contribution in [0.15, 0.2) is 46.3 Å². The highest BCUT2D eigenvalue weighted by atomic mass is 32.2. The largest absolute Gasteiger partial charge is 0.378 e. The molecule has 1 atom stereocenters. The Hall–Kier alpha value is -2.84. The number of rotatable bonds is 4. The van der Waals surface area contributed by atoms with E-state index in [9.17, 15) is 4.79 Å². The minimum absolute atomic E-state index is 0.0382. The summed E-state index contributed by atoms with van der Waals surface area (Å²) >= 11 is 1.30. The van der Waals surface area contributed by atoms with Crippen LogP contribution in [0.5, 0.6) is 0 Å². The first-order valence-electron chi connectivity index (χ1n) is 13.0. The Balaban J connectivity index is 1.41. The molecule has 8 heteroatoms. The van der Waals surface area contributed by atoms with Crippen LogP contribution in [0.2, 0.25) is 0 Å². The number of halogens is 1. The number of carbonyl (C=O) groups excluding carboxylic acids is 1. The van der Waals surface area contributed by atoms with Gasteiger partial charge in [-0.1, -0.05) is 6.92 Å². The molecule has 0 bridgehead atoms. The lowest BCUT2D eigenvalue weighted by Crippen LogP contribution is -2.45. The highest BCUT2D eigenvalue weighted by molar-refractivity contribution is 8.18. The molecule has 3 heterocycles. The molecule has 0 spiro atoms. The maximum atomic E-state index is 15.3. The second-order valence-electron chi connectivity index (χ2n) is 10.6. The van der Waals surface area contributed by atoms with Crippen LogP contribution in [0.1, 0.15) is 51.2 Å². The number of aliphatic imine (C=N–C) groups is 1. The molecule has 5 rings (SSSR count). The highest BCUT2D eigenvalue weighted by Crippen LogP contribution is 2.44. The van der Waals surface area contributed by atoms with E-state index in [-0.39, 0.29) is 17.3 Å². The standard InChI is InChI=1S/C29H35FN4O2S/c1-6-34-27(35)26(16-20-15-23-19(2)18-29(3,4)32(5)25(23)17-24(20)30)37-28(34)31-21-7-9-22(10-8-21)33-11-13-36-14-12-33/h7-10,15-17,19H,6,11-14,18H2,1-5H3/b26-16+,31-28?. The van der Waals surface area contributed by atoms with E-state index in [1.54, 1.807) is 17.0 Å². The SMILES string of the molecule is CCN1C(=O)/C(=C\c2cc3c(cc2F)N(C)C(C)(C)CC3C)SC1=Nc1ccc(N2CCOCC2)cc1. The zero-order chi connectivity index (χ0) is 26.3. The molecule has 2 aromatic carbocycles. The van der Waals surface area contributed by atoms with Crippen molar-refractivity contribution in [2.45, 2.75) is 45.6 Å². The Kier molecular flexibility index (Phi) is 7.07. The molecule has 6 nitrogen and oxygen atoms in total. The summed E-state index contributed by atoms with van der Waals surface area (Å²) in [6.45, 7) is 12.2. The zero-order valence-corrected chi connectivity index (χ0v) is 23.1. The Labute approximate surface area is 223 Å². The molecule has 2 saturated heterocycles. The number of fused-ring (bicyclic) bond motifs is 1. The van der Waals surface area contributed by atoms with E-state index in [1.165, 1.54) is 11.8 Å². The number of hydrogen-bond acceptors (Lipinski definition) is 6. The molecule has 37 heavy (non-hydrogen) atoms. The van der Waals surface area contributed by atoms with Gasteiger partial charge in [0.15, 0.2) is 5.17 Å². The average Bonchev–Trinajstić information content (AvgIpc) is 3.17. The molecule has 2 fully saturated rings. The first-order valence-corrected chi connectivity index (χ1v) is 13.8. The van der Waals surface area contributed by atoms with E-state index in [1.807, 2.05) is 32.2 Å². The Morgan fingerprint density at radius 2 is 1.89 bits per heavy atom. The predicted molar refractivity (Wildman–Crippen MR) is 151 cm³/mol. The lowest BCUT2D eigenvalue weighted by Gasteiger charge is -2.45. The maximum Gasteiger partial charge on any atom is 0.266 e. The molecule has 0 aromatic heterocycles. The summed E-state index contributed by atoms with van der Waals surface area (Å²) in [7, 11) is 2.02. The molecule has 0 saturated carbocycles. The van der Waals surface area contributed by atoms with Crippen LogP contribution in [0.4, 0.5) is 21.5 Å². The van der Waals surface area contributed by atoms with Gasteiger partial charge in [0.05, 0.1) is 23.8 Å². The second-order valence-corrected chi connectivity index (χ2v) is 11.6. The number of amidine groups is 1.